The van der Waals surface area contributed by atoms with E-state index in [9.17, 15) is 16.8 Å². The molecule has 2 aliphatic carbocycles. The highest BCUT2D eigenvalue weighted by molar-refractivity contribution is 7.85. The maximum atomic E-state index is 9.19. The summed E-state index contributed by atoms with van der Waals surface area (Å²) in [5.41, 5.74) is 23.5. The summed E-state index contributed by atoms with van der Waals surface area (Å²) in [6, 6.07) is 35.7. The van der Waals surface area contributed by atoms with Gasteiger partial charge in [-0.2, -0.15) is 16.8 Å². The Labute approximate surface area is 376 Å². The number of nitrogen functional groups attached to an aromatic ring is 2. The van der Waals surface area contributed by atoms with Gasteiger partial charge in [0.1, 0.15) is 46.7 Å². The molecule has 0 aliphatic heterocycles. The largest absolute Gasteiger partial charge is 0.457 e. The third kappa shape index (κ3) is 12.6. The van der Waals surface area contributed by atoms with Gasteiger partial charge in [-0.3, -0.25) is 9.11 Å². The van der Waals surface area contributed by atoms with Gasteiger partial charge in [0.05, 0.1) is 23.5 Å². The van der Waals surface area contributed by atoms with Crippen molar-refractivity contribution in [2.75, 3.05) is 30.6 Å². The number of nitrogens with two attached hydrogens (primary N) is 2. The average molecular weight is 923 g/mol. The van der Waals surface area contributed by atoms with Crippen LogP contribution in [0.25, 0.3) is 33.4 Å². The molecule has 19 heteroatoms. The maximum Gasteiger partial charge on any atom is 0.261 e. The molecule has 7 N–H and O–H groups in total. The summed E-state index contributed by atoms with van der Waals surface area (Å²) in [5, 5.41) is 7.57. The van der Waals surface area contributed by atoms with Gasteiger partial charge in [-0.1, -0.05) is 36.4 Å². The average Bonchev–Trinajstić information content (AvgIpc) is 4.05. The molecule has 340 valence electrons. The minimum Gasteiger partial charge on any atom is -0.457 e. The number of aromatic nitrogens is 6. The van der Waals surface area contributed by atoms with E-state index in [4.69, 9.17) is 35.2 Å². The first-order valence-electron chi connectivity index (χ1n) is 20.4. The highest BCUT2D eigenvalue weighted by Crippen LogP contribution is 2.38. The minimum absolute atomic E-state index is 0.250. The number of hydrogen-bond acceptors (Lipinski definition) is 13. The zero-order valence-electron chi connectivity index (χ0n) is 35.9. The van der Waals surface area contributed by atoms with Crippen LogP contribution in [0, 0.1) is 0 Å². The predicted octanol–water partition coefficient (Wildman–Crippen LogP) is 7.57. The van der Waals surface area contributed by atoms with Crippen LogP contribution < -0.4 is 20.9 Å². The first-order chi connectivity index (χ1) is 31.0. The van der Waals surface area contributed by atoms with Crippen LogP contribution in [0.4, 0.5) is 11.6 Å². The van der Waals surface area contributed by atoms with Crippen molar-refractivity contribution in [1.29, 1.82) is 0 Å². The van der Waals surface area contributed by atoms with Crippen LogP contribution in [0.5, 0.6) is 23.0 Å². The van der Waals surface area contributed by atoms with Gasteiger partial charge >= 0.3 is 0 Å². The molecule has 0 radical (unpaired) electrons. The molecule has 0 unspecified atom stereocenters. The highest BCUT2D eigenvalue weighted by atomic mass is 32.2. The van der Waals surface area contributed by atoms with Gasteiger partial charge in [-0.15, -0.1) is 0 Å². The highest BCUT2D eigenvalue weighted by Gasteiger charge is 2.26. The van der Waals surface area contributed by atoms with Crippen LogP contribution in [-0.2, 0) is 45.9 Å². The molecule has 10 rings (SSSR count). The number of anilines is 2. The summed E-state index contributed by atoms with van der Waals surface area (Å²) in [6.07, 6.45) is 11.0. The van der Waals surface area contributed by atoms with E-state index in [0.29, 0.717) is 24.1 Å². The van der Waals surface area contributed by atoms with E-state index in [1.54, 1.807) is 19.6 Å². The van der Waals surface area contributed by atoms with E-state index < -0.39 is 20.2 Å². The molecule has 0 fully saturated rings. The van der Waals surface area contributed by atoms with E-state index >= 15 is 0 Å². The number of nitrogens with zero attached hydrogens (tertiary/aromatic N) is 6. The van der Waals surface area contributed by atoms with Crippen molar-refractivity contribution >= 4 is 53.9 Å². The number of benzene rings is 4. The first-order valence-corrected chi connectivity index (χ1v) is 24.1. The van der Waals surface area contributed by atoms with Gasteiger partial charge in [0.2, 0.25) is 0 Å². The third-order valence-electron chi connectivity index (χ3n) is 9.78. The summed E-state index contributed by atoms with van der Waals surface area (Å²) < 4.78 is 67.9. The van der Waals surface area contributed by atoms with Crippen LogP contribution in [-0.4, -0.2) is 79.2 Å². The molecule has 4 heterocycles. The van der Waals surface area contributed by atoms with Gasteiger partial charge in [-0.05, 0) is 129 Å². The summed E-state index contributed by atoms with van der Waals surface area (Å²) >= 11 is 0. The summed E-state index contributed by atoms with van der Waals surface area (Å²) in [6.45, 7) is 1.93. The third-order valence-corrected chi connectivity index (χ3v) is 9.78. The number of fused-ring (bicyclic) bond motifs is 6. The monoisotopic (exact) mass is 922 g/mol. The molecule has 0 amide bonds. The molecule has 65 heavy (non-hydrogen) atoms. The van der Waals surface area contributed by atoms with E-state index in [1.165, 1.54) is 22.5 Å². The second kappa shape index (κ2) is 21.2. The number of aliphatic hydroxyl groups is 1. The zero-order chi connectivity index (χ0) is 46.7. The fourth-order valence-corrected chi connectivity index (χ4v) is 7.54. The number of rotatable bonds is 6. The molecule has 0 saturated heterocycles. The predicted molar refractivity (Wildman–Crippen MR) is 251 cm³/mol. The molecule has 8 aromatic rings. The van der Waals surface area contributed by atoms with Crippen molar-refractivity contribution in [2.45, 2.75) is 45.4 Å². The Hall–Kier alpha value is -6.90. The smallest absolute Gasteiger partial charge is 0.261 e. The molecule has 0 atom stereocenters. The van der Waals surface area contributed by atoms with E-state index in [-0.39, 0.29) is 6.61 Å². The molecule has 2 aliphatic rings. The Morgan fingerprint density at radius 1 is 0.538 bits per heavy atom. The Balaban J connectivity index is 0.000000170. The van der Waals surface area contributed by atoms with Crippen molar-refractivity contribution in [3.63, 3.8) is 0 Å². The number of aliphatic hydroxyl groups excluding tert-OH is 1. The second-order valence-corrected chi connectivity index (χ2v) is 17.7. The topological polar surface area (TPSA) is 261 Å². The first kappa shape index (κ1) is 47.6. The molecule has 17 nitrogen and oxygen atoms in total. The molecule has 0 saturated carbocycles. The minimum atomic E-state index is -3.67. The number of hydrogen-bond donors (Lipinski definition) is 5. The van der Waals surface area contributed by atoms with Gasteiger partial charge in [0.15, 0.2) is 11.6 Å². The fraction of sp³-hybridized carbons (Fsp3) is 0.217. The number of ether oxygens (including phenoxy) is 2. The Kier molecular flexibility index (Phi) is 15.5. The molecule has 0 bridgehead atoms. The standard InChI is InChI=1S/2C21H18N4O.C2H6O.2CH4O3S/c2*22-21-20-19(23-13-24-21)17-7-4-8-18(17)25(20)14-9-11-16(12-10-14)26-15-5-2-1-3-6-15;1-2-3;2*1-5(2,3)4/h2*1-3,5-6,9-13H,4,7-8H2,(H2,22,23,24);3H,2H2,1H3;2*1H3,(H,2,3,4). The molecular weight excluding hydrogens is 873 g/mol. The molecule has 4 aromatic heterocycles. The van der Waals surface area contributed by atoms with E-state index in [1.807, 2.05) is 84.9 Å². The van der Waals surface area contributed by atoms with Crippen molar-refractivity contribution in [2.24, 2.45) is 0 Å². The van der Waals surface area contributed by atoms with Gasteiger partial charge < -0.3 is 35.2 Å². The Bertz CT molecular complexity index is 2850. The van der Waals surface area contributed by atoms with Crippen LogP contribution in [0.15, 0.2) is 122 Å². The quantitative estimate of drug-likeness (QED) is 0.101. The second-order valence-electron chi connectivity index (χ2n) is 14.7. The van der Waals surface area contributed by atoms with Crippen LogP contribution in [0.2, 0.25) is 0 Å². The Morgan fingerprint density at radius 3 is 1.17 bits per heavy atom. The van der Waals surface area contributed by atoms with Gasteiger partial charge in [0.25, 0.3) is 20.2 Å². The fourth-order valence-electron chi connectivity index (χ4n) is 7.54. The SMILES string of the molecule is CCO.CS(=O)(=O)O.CS(=O)(=O)O.Nc1ncnc2c3c(n(-c4ccc(Oc5ccccc5)cc4)c12)CCC3.Nc1ncnc2c3c(n(-c4ccc(Oc5ccccc5)cc4)c12)CCC3. The van der Waals surface area contributed by atoms with E-state index in [0.717, 1.165) is 95.0 Å². The lowest BCUT2D eigenvalue weighted by Gasteiger charge is -2.12. The normalized spacial score (nSPS) is 12.5. The van der Waals surface area contributed by atoms with Crippen LogP contribution in [0.3, 0.4) is 0 Å². The molecule has 0 spiro atoms. The summed E-state index contributed by atoms with van der Waals surface area (Å²) in [4.78, 5) is 17.4. The van der Waals surface area contributed by atoms with Crippen molar-refractivity contribution in [1.82, 2.24) is 29.1 Å². The maximum absolute atomic E-state index is 9.19. The van der Waals surface area contributed by atoms with Gasteiger partial charge in [0, 0.05) is 29.4 Å². The molecular formula is C46H50N8O9S2. The molecule has 4 aromatic carbocycles. The van der Waals surface area contributed by atoms with E-state index in [2.05, 4.69) is 53.3 Å². The van der Waals surface area contributed by atoms with Crippen molar-refractivity contribution in [3.05, 3.63) is 144 Å². The van der Waals surface area contributed by atoms with Crippen molar-refractivity contribution < 1.29 is 40.5 Å². The Morgan fingerprint density at radius 2 is 0.846 bits per heavy atom. The lowest BCUT2D eigenvalue weighted by molar-refractivity contribution is 0.318. The summed E-state index contributed by atoms with van der Waals surface area (Å²) in [7, 11) is -7.33. The van der Waals surface area contributed by atoms with Gasteiger partial charge in [-0.25, -0.2) is 19.9 Å². The number of para-hydroxylation sites is 2. The number of aryl methyl sites for hydroxylation is 2. The van der Waals surface area contributed by atoms with Crippen LogP contribution >= 0.6 is 0 Å². The lowest BCUT2D eigenvalue weighted by atomic mass is 10.2. The summed E-state index contributed by atoms with van der Waals surface area (Å²) in [5.74, 6) is 4.30. The lowest BCUT2D eigenvalue weighted by Crippen LogP contribution is -2.02. The van der Waals surface area contributed by atoms with Crippen LogP contribution in [0.1, 0.15) is 42.3 Å². The zero-order valence-corrected chi connectivity index (χ0v) is 37.6. The van der Waals surface area contributed by atoms with Crippen molar-refractivity contribution in [3.8, 4) is 34.4 Å².